The molecule has 1 fully saturated rings. The van der Waals surface area contributed by atoms with Crippen LogP contribution in [0.1, 0.15) is 117 Å². The molecule has 27 heavy (non-hydrogen) atoms. The number of unbranched alkanes of at least 4 members (excludes halogenated alkanes) is 8. The fraction of sp³-hybridized carbons (Fsp3) is 0.920. The maximum atomic E-state index is 5.91. The molecule has 1 saturated heterocycles. The second kappa shape index (κ2) is 17.7. The third-order valence-electron chi connectivity index (χ3n) is 5.95. The van der Waals surface area contributed by atoms with Crippen molar-refractivity contribution in [1.82, 2.24) is 0 Å². The molecule has 1 rings (SSSR count). The first kappa shape index (κ1) is 24.7. The van der Waals surface area contributed by atoms with Crippen molar-refractivity contribution in [2.75, 3.05) is 13.2 Å². The zero-order chi connectivity index (χ0) is 19.6. The van der Waals surface area contributed by atoms with E-state index in [0.717, 1.165) is 25.6 Å². The molecule has 0 bridgehead atoms. The molecule has 160 valence electrons. The Morgan fingerprint density at radius 2 is 1.48 bits per heavy atom. The number of allylic oxidation sites excluding steroid dienone is 1. The monoisotopic (exact) mass is 380 g/mol. The molecule has 0 amide bonds. The van der Waals surface area contributed by atoms with Gasteiger partial charge in [0.2, 0.25) is 0 Å². The van der Waals surface area contributed by atoms with Gasteiger partial charge in [0.05, 0.1) is 6.61 Å². The Balaban J connectivity index is 1.83. The van der Waals surface area contributed by atoms with Gasteiger partial charge in [-0.3, -0.25) is 0 Å². The van der Waals surface area contributed by atoms with Gasteiger partial charge in [-0.05, 0) is 50.4 Å². The highest BCUT2D eigenvalue weighted by Crippen LogP contribution is 2.20. The van der Waals surface area contributed by atoms with Crippen molar-refractivity contribution in [3.05, 3.63) is 12.7 Å². The summed E-state index contributed by atoms with van der Waals surface area (Å²) in [5, 5.41) is 0. The Kier molecular flexibility index (Phi) is 16.2. The number of rotatable bonds is 18. The molecule has 1 unspecified atom stereocenters. The van der Waals surface area contributed by atoms with Crippen LogP contribution in [0.15, 0.2) is 12.7 Å². The first-order chi connectivity index (χ1) is 13.2. The smallest absolute Gasteiger partial charge is 0.157 e. The topological polar surface area (TPSA) is 18.5 Å². The van der Waals surface area contributed by atoms with Gasteiger partial charge in [0.1, 0.15) is 0 Å². The largest absolute Gasteiger partial charge is 0.353 e. The van der Waals surface area contributed by atoms with E-state index in [1.165, 1.54) is 96.3 Å². The van der Waals surface area contributed by atoms with E-state index in [0.29, 0.717) is 5.92 Å². The minimum absolute atomic E-state index is 0.0762. The van der Waals surface area contributed by atoms with Crippen molar-refractivity contribution in [2.24, 2.45) is 11.8 Å². The quantitative estimate of drug-likeness (QED) is 0.177. The summed E-state index contributed by atoms with van der Waals surface area (Å²) in [6, 6.07) is 0. The summed E-state index contributed by atoms with van der Waals surface area (Å²) in [4.78, 5) is 0. The molecule has 2 heteroatoms. The highest BCUT2D eigenvalue weighted by atomic mass is 16.7. The van der Waals surface area contributed by atoms with Crippen molar-refractivity contribution in [1.29, 1.82) is 0 Å². The van der Waals surface area contributed by atoms with Crippen molar-refractivity contribution in [2.45, 2.75) is 123 Å². The van der Waals surface area contributed by atoms with Gasteiger partial charge in [0.25, 0.3) is 0 Å². The van der Waals surface area contributed by atoms with Crippen LogP contribution in [-0.2, 0) is 9.47 Å². The molecule has 0 aromatic carbocycles. The van der Waals surface area contributed by atoms with Crippen LogP contribution in [-0.4, -0.2) is 19.5 Å². The molecule has 0 aromatic heterocycles. The van der Waals surface area contributed by atoms with E-state index in [9.17, 15) is 0 Å². The average molecular weight is 381 g/mol. The summed E-state index contributed by atoms with van der Waals surface area (Å²) in [5.41, 5.74) is 0. The Bertz CT molecular complexity index is 322. The fourth-order valence-corrected chi connectivity index (χ4v) is 4.00. The van der Waals surface area contributed by atoms with E-state index in [1.54, 1.807) is 0 Å². The van der Waals surface area contributed by atoms with Crippen LogP contribution in [0.4, 0.5) is 0 Å². The normalized spacial score (nSPS) is 19.7. The predicted octanol–water partition coefficient (Wildman–Crippen LogP) is 8.06. The zero-order valence-electron chi connectivity index (χ0n) is 18.6. The third-order valence-corrected chi connectivity index (χ3v) is 5.95. The Labute approximate surface area is 170 Å². The predicted molar refractivity (Wildman–Crippen MR) is 118 cm³/mol. The Morgan fingerprint density at radius 1 is 0.852 bits per heavy atom. The van der Waals surface area contributed by atoms with E-state index in [1.807, 2.05) is 6.08 Å². The van der Waals surface area contributed by atoms with Gasteiger partial charge in [-0.1, -0.05) is 84.1 Å². The van der Waals surface area contributed by atoms with E-state index in [2.05, 4.69) is 20.4 Å². The summed E-state index contributed by atoms with van der Waals surface area (Å²) in [5.74, 6) is 1.55. The van der Waals surface area contributed by atoms with Gasteiger partial charge >= 0.3 is 0 Å². The molecule has 2 nitrogen and oxygen atoms in total. The van der Waals surface area contributed by atoms with Crippen molar-refractivity contribution >= 4 is 0 Å². The molecule has 1 aliphatic rings. The van der Waals surface area contributed by atoms with Gasteiger partial charge < -0.3 is 9.47 Å². The second-order valence-electron chi connectivity index (χ2n) is 8.97. The number of hydrogen-bond donors (Lipinski definition) is 0. The van der Waals surface area contributed by atoms with Gasteiger partial charge in [-0.15, -0.1) is 6.58 Å². The average Bonchev–Trinajstić information content (AvgIpc) is 2.68. The van der Waals surface area contributed by atoms with Gasteiger partial charge in [0.15, 0.2) is 6.29 Å². The molecule has 0 saturated carbocycles. The van der Waals surface area contributed by atoms with E-state index < -0.39 is 0 Å². The SMILES string of the molecule is C=CCCCCCCCCCC[C@H](C)CCC[C@@H](C)COC1CCCCO1. The van der Waals surface area contributed by atoms with Crippen molar-refractivity contribution in [3.63, 3.8) is 0 Å². The third kappa shape index (κ3) is 15.3. The van der Waals surface area contributed by atoms with Crippen LogP contribution >= 0.6 is 0 Å². The van der Waals surface area contributed by atoms with Crippen molar-refractivity contribution in [3.8, 4) is 0 Å². The highest BCUT2D eigenvalue weighted by Gasteiger charge is 2.15. The molecule has 0 N–H and O–H groups in total. The van der Waals surface area contributed by atoms with Gasteiger partial charge in [0, 0.05) is 6.61 Å². The zero-order valence-corrected chi connectivity index (χ0v) is 18.6. The lowest BCUT2D eigenvalue weighted by Crippen LogP contribution is -2.24. The standard InChI is InChI=1S/C25H48O2/c1-4-5-6-7-8-9-10-11-12-13-17-23(2)18-16-19-24(3)22-27-25-20-14-15-21-26-25/h4,23-25H,1,5-22H2,2-3H3/t23-,24+,25?/m0/s1. The van der Waals surface area contributed by atoms with Crippen molar-refractivity contribution < 1.29 is 9.47 Å². The minimum Gasteiger partial charge on any atom is -0.353 e. The molecule has 1 heterocycles. The molecule has 0 aromatic rings. The second-order valence-corrected chi connectivity index (χ2v) is 8.97. The lowest BCUT2D eigenvalue weighted by Gasteiger charge is -2.24. The van der Waals surface area contributed by atoms with E-state index in [4.69, 9.17) is 9.47 Å². The highest BCUT2D eigenvalue weighted by molar-refractivity contribution is 4.65. The molecule has 1 aliphatic heterocycles. The maximum Gasteiger partial charge on any atom is 0.157 e. The Morgan fingerprint density at radius 3 is 2.15 bits per heavy atom. The molecule has 0 radical (unpaired) electrons. The van der Waals surface area contributed by atoms with Crippen LogP contribution < -0.4 is 0 Å². The lowest BCUT2D eigenvalue weighted by molar-refractivity contribution is -0.168. The molecular weight excluding hydrogens is 332 g/mol. The molecule has 0 spiro atoms. The van der Waals surface area contributed by atoms with Gasteiger partial charge in [-0.25, -0.2) is 0 Å². The van der Waals surface area contributed by atoms with E-state index in [-0.39, 0.29) is 6.29 Å². The maximum absolute atomic E-state index is 5.91. The summed E-state index contributed by atoms with van der Waals surface area (Å²) in [6.07, 6.45) is 23.6. The van der Waals surface area contributed by atoms with Crippen LogP contribution in [0, 0.1) is 11.8 Å². The fourth-order valence-electron chi connectivity index (χ4n) is 4.00. The molecule has 0 aliphatic carbocycles. The Hall–Kier alpha value is -0.340. The summed E-state index contributed by atoms with van der Waals surface area (Å²) < 4.78 is 11.6. The minimum atomic E-state index is 0.0762. The summed E-state index contributed by atoms with van der Waals surface area (Å²) in [7, 11) is 0. The van der Waals surface area contributed by atoms with Crippen LogP contribution in [0.2, 0.25) is 0 Å². The lowest BCUT2D eigenvalue weighted by atomic mass is 9.94. The van der Waals surface area contributed by atoms with Crippen LogP contribution in [0.25, 0.3) is 0 Å². The number of ether oxygens (including phenoxy) is 2. The van der Waals surface area contributed by atoms with Gasteiger partial charge in [-0.2, -0.15) is 0 Å². The molecule has 3 atom stereocenters. The number of hydrogen-bond acceptors (Lipinski definition) is 2. The van der Waals surface area contributed by atoms with E-state index >= 15 is 0 Å². The van der Waals surface area contributed by atoms with Crippen LogP contribution in [0.5, 0.6) is 0 Å². The first-order valence-corrected chi connectivity index (χ1v) is 12.1. The van der Waals surface area contributed by atoms with Crippen LogP contribution in [0.3, 0.4) is 0 Å². The summed E-state index contributed by atoms with van der Waals surface area (Å²) >= 11 is 0. The first-order valence-electron chi connectivity index (χ1n) is 12.1. The molecular formula is C25H48O2. The summed E-state index contributed by atoms with van der Waals surface area (Å²) in [6.45, 7) is 10.3.